The van der Waals surface area contributed by atoms with Gasteiger partial charge in [-0.2, -0.15) is 0 Å². The molecule has 3 rings (SSSR count). The molecule has 2 fully saturated rings. The molecule has 1 saturated carbocycles. The number of carbonyl (C=O) groups excluding carboxylic acids is 2. The molecule has 2 N–H and O–H groups in total. The SMILES string of the molecule is CC(CNC(=O)C1CC2CCCCC2N1C(=O)c1cccc(Cl)c1)C(=O)O. The van der Waals surface area contributed by atoms with Crippen LogP contribution >= 0.6 is 11.6 Å². The zero-order valence-corrected chi connectivity index (χ0v) is 16.1. The molecule has 1 saturated heterocycles. The maximum atomic E-state index is 13.2. The van der Waals surface area contributed by atoms with Gasteiger partial charge in [-0.1, -0.05) is 37.4 Å². The Morgan fingerprint density at radius 1 is 1.30 bits per heavy atom. The Morgan fingerprint density at radius 3 is 2.74 bits per heavy atom. The maximum absolute atomic E-state index is 13.2. The molecule has 4 unspecified atom stereocenters. The van der Waals surface area contributed by atoms with Crippen LogP contribution in [0.1, 0.15) is 49.4 Å². The monoisotopic (exact) mass is 392 g/mol. The highest BCUT2D eigenvalue weighted by molar-refractivity contribution is 6.31. The molecular formula is C20H25ClN2O4. The smallest absolute Gasteiger partial charge is 0.308 e. The van der Waals surface area contributed by atoms with E-state index in [2.05, 4.69) is 5.32 Å². The van der Waals surface area contributed by atoms with Crippen LogP contribution in [0.5, 0.6) is 0 Å². The molecule has 1 aliphatic heterocycles. The number of rotatable bonds is 5. The van der Waals surface area contributed by atoms with E-state index in [4.69, 9.17) is 16.7 Å². The molecule has 0 bridgehead atoms. The fourth-order valence-corrected chi connectivity index (χ4v) is 4.41. The molecule has 4 atom stereocenters. The molecule has 0 aromatic heterocycles. The Bertz CT molecular complexity index is 738. The number of carboxylic acid groups (broad SMARTS) is 1. The van der Waals surface area contributed by atoms with Gasteiger partial charge in [0.05, 0.1) is 5.92 Å². The molecule has 2 amide bonds. The number of hydrogen-bond acceptors (Lipinski definition) is 3. The maximum Gasteiger partial charge on any atom is 0.308 e. The molecule has 1 aliphatic carbocycles. The summed E-state index contributed by atoms with van der Waals surface area (Å²) in [6, 6.07) is 6.27. The summed E-state index contributed by atoms with van der Waals surface area (Å²) in [4.78, 5) is 38.7. The summed E-state index contributed by atoms with van der Waals surface area (Å²) in [5.74, 6) is -1.77. The third-order valence-electron chi connectivity index (χ3n) is 5.70. The molecule has 27 heavy (non-hydrogen) atoms. The number of nitrogens with zero attached hydrogens (tertiary/aromatic N) is 1. The van der Waals surface area contributed by atoms with Crippen LogP contribution in [0.3, 0.4) is 0 Å². The molecule has 146 valence electrons. The number of fused-ring (bicyclic) bond motifs is 1. The predicted molar refractivity (Wildman–Crippen MR) is 102 cm³/mol. The Labute approximate surface area is 163 Å². The lowest BCUT2D eigenvalue weighted by Gasteiger charge is -2.33. The van der Waals surface area contributed by atoms with Gasteiger partial charge in [-0.25, -0.2) is 0 Å². The summed E-state index contributed by atoms with van der Waals surface area (Å²) in [6.07, 6.45) is 4.70. The van der Waals surface area contributed by atoms with Crippen molar-refractivity contribution in [2.45, 2.75) is 51.1 Å². The Kier molecular flexibility index (Phi) is 6.05. The number of nitrogens with one attached hydrogen (secondary N) is 1. The number of likely N-dealkylation sites (tertiary alicyclic amines) is 1. The highest BCUT2D eigenvalue weighted by Gasteiger charge is 2.47. The first-order valence-corrected chi connectivity index (χ1v) is 9.85. The van der Waals surface area contributed by atoms with Crippen molar-refractivity contribution in [3.05, 3.63) is 34.9 Å². The number of halogens is 1. The van der Waals surface area contributed by atoms with Crippen molar-refractivity contribution in [3.8, 4) is 0 Å². The van der Waals surface area contributed by atoms with Gasteiger partial charge in [0.25, 0.3) is 5.91 Å². The van der Waals surface area contributed by atoms with Crippen LogP contribution in [0.4, 0.5) is 0 Å². The van der Waals surface area contributed by atoms with Crippen LogP contribution < -0.4 is 5.32 Å². The summed E-state index contributed by atoms with van der Waals surface area (Å²) in [5, 5.41) is 12.2. The van der Waals surface area contributed by atoms with Gasteiger partial charge in [-0.3, -0.25) is 14.4 Å². The molecule has 0 radical (unpaired) electrons. The summed E-state index contributed by atoms with van der Waals surface area (Å²) in [5.41, 5.74) is 0.477. The Hall–Kier alpha value is -2.08. The van der Waals surface area contributed by atoms with Crippen molar-refractivity contribution >= 4 is 29.4 Å². The minimum absolute atomic E-state index is 0.0536. The van der Waals surface area contributed by atoms with E-state index in [1.54, 1.807) is 36.1 Å². The van der Waals surface area contributed by atoms with Gasteiger partial charge >= 0.3 is 5.97 Å². The zero-order chi connectivity index (χ0) is 19.6. The molecule has 1 aromatic carbocycles. The van der Waals surface area contributed by atoms with E-state index in [1.165, 1.54) is 0 Å². The van der Waals surface area contributed by atoms with Crippen LogP contribution in [0, 0.1) is 11.8 Å². The van der Waals surface area contributed by atoms with Gasteiger partial charge in [0.2, 0.25) is 5.91 Å². The minimum atomic E-state index is -0.956. The lowest BCUT2D eigenvalue weighted by molar-refractivity contribution is -0.141. The third kappa shape index (κ3) is 4.26. The molecule has 1 aromatic rings. The molecule has 1 heterocycles. The lowest BCUT2D eigenvalue weighted by Crippen LogP contribution is -2.50. The highest BCUT2D eigenvalue weighted by Crippen LogP contribution is 2.40. The third-order valence-corrected chi connectivity index (χ3v) is 5.94. The summed E-state index contributed by atoms with van der Waals surface area (Å²) < 4.78 is 0. The first-order chi connectivity index (χ1) is 12.9. The zero-order valence-electron chi connectivity index (χ0n) is 15.4. The number of amides is 2. The van der Waals surface area contributed by atoms with Crippen LogP contribution in [0.2, 0.25) is 5.02 Å². The number of hydrogen-bond donors (Lipinski definition) is 2. The average Bonchev–Trinajstić information content (AvgIpc) is 3.04. The second kappa shape index (κ2) is 8.30. The molecule has 2 aliphatic rings. The topological polar surface area (TPSA) is 86.7 Å². The second-order valence-electron chi connectivity index (χ2n) is 7.57. The van der Waals surface area contributed by atoms with Crippen molar-refractivity contribution in [2.24, 2.45) is 11.8 Å². The van der Waals surface area contributed by atoms with E-state index in [-0.39, 0.29) is 24.4 Å². The standard InChI is InChI=1S/C20H25ClN2O4/c1-12(20(26)27)11-22-18(24)17-10-13-5-2-3-8-16(13)23(17)19(25)14-6-4-7-15(21)9-14/h4,6-7,9,12-13,16-17H,2-3,5,8,10-11H2,1H3,(H,22,24)(H,26,27). The van der Waals surface area contributed by atoms with Gasteiger partial charge in [0, 0.05) is 23.2 Å². The van der Waals surface area contributed by atoms with E-state index in [1.807, 2.05) is 0 Å². The van der Waals surface area contributed by atoms with Gasteiger partial charge in [-0.15, -0.1) is 0 Å². The number of carbonyl (C=O) groups is 3. The Balaban J connectivity index is 1.81. The van der Waals surface area contributed by atoms with E-state index in [9.17, 15) is 14.4 Å². The van der Waals surface area contributed by atoms with Crippen molar-refractivity contribution in [1.82, 2.24) is 10.2 Å². The number of aliphatic carboxylic acids is 1. The van der Waals surface area contributed by atoms with Crippen LogP contribution in [0.25, 0.3) is 0 Å². The first kappa shape index (κ1) is 19.7. The average molecular weight is 393 g/mol. The predicted octanol–water partition coefficient (Wildman–Crippen LogP) is 2.95. The highest BCUT2D eigenvalue weighted by atomic mass is 35.5. The molecule has 7 heteroatoms. The van der Waals surface area contributed by atoms with E-state index >= 15 is 0 Å². The largest absolute Gasteiger partial charge is 0.481 e. The van der Waals surface area contributed by atoms with E-state index in [0.29, 0.717) is 22.9 Å². The van der Waals surface area contributed by atoms with Crippen LogP contribution in [-0.2, 0) is 9.59 Å². The van der Waals surface area contributed by atoms with Crippen molar-refractivity contribution < 1.29 is 19.5 Å². The first-order valence-electron chi connectivity index (χ1n) is 9.47. The number of benzene rings is 1. The number of carboxylic acids is 1. The quantitative estimate of drug-likeness (QED) is 0.806. The minimum Gasteiger partial charge on any atom is -0.481 e. The fourth-order valence-electron chi connectivity index (χ4n) is 4.22. The van der Waals surface area contributed by atoms with E-state index < -0.39 is 17.9 Å². The van der Waals surface area contributed by atoms with E-state index in [0.717, 1.165) is 25.7 Å². The van der Waals surface area contributed by atoms with Gasteiger partial charge in [0.15, 0.2) is 0 Å². The normalized spacial score (nSPS) is 25.6. The second-order valence-corrected chi connectivity index (χ2v) is 8.01. The van der Waals surface area contributed by atoms with Crippen LogP contribution in [-0.4, -0.2) is 46.4 Å². The molecule has 0 spiro atoms. The van der Waals surface area contributed by atoms with Gasteiger partial charge in [0.1, 0.15) is 6.04 Å². The summed E-state index contributed by atoms with van der Waals surface area (Å²) in [6.45, 7) is 1.60. The molecular weight excluding hydrogens is 368 g/mol. The van der Waals surface area contributed by atoms with Crippen LogP contribution in [0.15, 0.2) is 24.3 Å². The van der Waals surface area contributed by atoms with Crippen molar-refractivity contribution in [3.63, 3.8) is 0 Å². The lowest BCUT2D eigenvalue weighted by atomic mass is 9.84. The van der Waals surface area contributed by atoms with Gasteiger partial charge in [-0.05, 0) is 43.4 Å². The fraction of sp³-hybridized carbons (Fsp3) is 0.550. The molecule has 6 nitrogen and oxygen atoms in total. The van der Waals surface area contributed by atoms with Crippen molar-refractivity contribution in [2.75, 3.05) is 6.54 Å². The van der Waals surface area contributed by atoms with Gasteiger partial charge < -0.3 is 15.3 Å². The van der Waals surface area contributed by atoms with Crippen molar-refractivity contribution in [1.29, 1.82) is 0 Å². The summed E-state index contributed by atoms with van der Waals surface area (Å²) in [7, 11) is 0. The Morgan fingerprint density at radius 2 is 2.04 bits per heavy atom. The summed E-state index contributed by atoms with van der Waals surface area (Å²) >= 11 is 6.04.